The normalized spacial score (nSPS) is 16.7. The van der Waals surface area contributed by atoms with Gasteiger partial charge in [0.25, 0.3) is 0 Å². The number of hydrogen-bond donors (Lipinski definition) is 2. The monoisotopic (exact) mass is 438 g/mol. The van der Waals surface area contributed by atoms with E-state index < -0.39 is 17.7 Å². The Morgan fingerprint density at radius 1 is 1.03 bits per heavy atom. The lowest BCUT2D eigenvalue weighted by molar-refractivity contribution is -0.169. The minimum atomic E-state index is -1.25. The number of fused-ring (bicyclic) bond motifs is 3. The van der Waals surface area contributed by atoms with E-state index in [1.807, 2.05) is 36.4 Å². The summed E-state index contributed by atoms with van der Waals surface area (Å²) in [7, 11) is 1.37. The summed E-state index contributed by atoms with van der Waals surface area (Å²) < 4.78 is 10.6. The number of hydrogen-bond acceptors (Lipinski definition) is 5. The molecule has 0 saturated carbocycles. The van der Waals surface area contributed by atoms with E-state index in [1.54, 1.807) is 0 Å². The summed E-state index contributed by atoms with van der Waals surface area (Å²) in [6.45, 7) is 0.479. The molecule has 2 aliphatic rings. The van der Waals surface area contributed by atoms with Gasteiger partial charge in [-0.1, -0.05) is 48.5 Å². The number of likely N-dealkylation sites (tertiary alicyclic amines) is 1. The number of nitrogens with one attached hydrogen (secondary N) is 1. The van der Waals surface area contributed by atoms with Crippen LogP contribution in [0.25, 0.3) is 11.1 Å². The van der Waals surface area contributed by atoms with E-state index in [0.717, 1.165) is 22.3 Å². The van der Waals surface area contributed by atoms with E-state index in [4.69, 9.17) is 9.47 Å². The smallest absolute Gasteiger partial charge is 0.407 e. The molecule has 0 atom stereocenters. The SMILES string of the molecule is COC1(C(=O)O)CCN(C(=O)CNC(=O)OCC2c3ccccc3-c3ccccc32)CC1. The molecule has 0 aromatic heterocycles. The number of amides is 2. The van der Waals surface area contributed by atoms with Crippen molar-refractivity contribution < 1.29 is 29.0 Å². The first-order chi connectivity index (χ1) is 15.4. The molecule has 2 N–H and O–H groups in total. The van der Waals surface area contributed by atoms with Crippen LogP contribution in [0.3, 0.4) is 0 Å². The van der Waals surface area contributed by atoms with Crippen LogP contribution in [-0.4, -0.2) is 66.9 Å². The van der Waals surface area contributed by atoms with Gasteiger partial charge < -0.3 is 24.8 Å². The second-order valence-electron chi connectivity index (χ2n) is 8.06. The molecule has 8 heteroatoms. The molecule has 32 heavy (non-hydrogen) atoms. The molecule has 0 radical (unpaired) electrons. The zero-order chi connectivity index (χ0) is 22.7. The summed E-state index contributed by atoms with van der Waals surface area (Å²) in [4.78, 5) is 37.6. The number of carboxylic acids is 1. The number of methoxy groups -OCH3 is 1. The number of nitrogens with zero attached hydrogens (tertiary/aromatic N) is 1. The van der Waals surface area contributed by atoms with Crippen molar-refractivity contribution in [3.8, 4) is 11.1 Å². The van der Waals surface area contributed by atoms with Crippen LogP contribution in [0.15, 0.2) is 48.5 Å². The van der Waals surface area contributed by atoms with E-state index in [0.29, 0.717) is 0 Å². The van der Waals surface area contributed by atoms with Gasteiger partial charge in [0.2, 0.25) is 5.91 Å². The van der Waals surface area contributed by atoms with Gasteiger partial charge in [-0.15, -0.1) is 0 Å². The molecular weight excluding hydrogens is 412 g/mol. The molecule has 1 aliphatic carbocycles. The zero-order valence-electron chi connectivity index (χ0n) is 17.9. The van der Waals surface area contributed by atoms with Crippen molar-refractivity contribution in [3.05, 3.63) is 59.7 Å². The summed E-state index contributed by atoms with van der Waals surface area (Å²) in [6, 6.07) is 16.1. The van der Waals surface area contributed by atoms with Gasteiger partial charge in [0.05, 0.1) is 0 Å². The predicted octanol–water partition coefficient (Wildman–Crippen LogP) is 2.62. The van der Waals surface area contributed by atoms with Gasteiger partial charge in [-0.25, -0.2) is 9.59 Å². The van der Waals surface area contributed by atoms with E-state index in [1.165, 1.54) is 12.0 Å². The predicted molar refractivity (Wildman–Crippen MR) is 116 cm³/mol. The molecule has 0 bridgehead atoms. The van der Waals surface area contributed by atoms with Crippen LogP contribution in [0.4, 0.5) is 4.79 Å². The Hall–Kier alpha value is -3.39. The van der Waals surface area contributed by atoms with Gasteiger partial charge in [0, 0.05) is 39.0 Å². The van der Waals surface area contributed by atoms with E-state index in [-0.39, 0.29) is 50.9 Å². The molecule has 1 heterocycles. The van der Waals surface area contributed by atoms with Gasteiger partial charge in [-0.3, -0.25) is 4.79 Å². The Kier molecular flexibility index (Phi) is 6.14. The number of aliphatic carboxylic acids is 1. The first-order valence-corrected chi connectivity index (χ1v) is 10.6. The van der Waals surface area contributed by atoms with Crippen molar-refractivity contribution in [2.75, 3.05) is 33.4 Å². The lowest BCUT2D eigenvalue weighted by atomic mass is 9.91. The first-order valence-electron chi connectivity index (χ1n) is 10.6. The van der Waals surface area contributed by atoms with Crippen molar-refractivity contribution in [1.82, 2.24) is 10.2 Å². The molecule has 8 nitrogen and oxygen atoms in total. The third-order valence-corrected chi connectivity index (χ3v) is 6.43. The molecule has 2 amide bonds. The van der Waals surface area contributed by atoms with E-state index in [9.17, 15) is 19.5 Å². The third kappa shape index (κ3) is 4.05. The highest BCUT2D eigenvalue weighted by atomic mass is 16.5. The molecule has 2 aromatic rings. The molecule has 1 saturated heterocycles. The highest BCUT2D eigenvalue weighted by molar-refractivity contribution is 5.83. The van der Waals surface area contributed by atoms with Gasteiger partial charge in [0.1, 0.15) is 13.2 Å². The van der Waals surface area contributed by atoms with Crippen molar-refractivity contribution in [3.63, 3.8) is 0 Å². The highest BCUT2D eigenvalue weighted by Crippen LogP contribution is 2.44. The van der Waals surface area contributed by atoms with Crippen LogP contribution in [0.2, 0.25) is 0 Å². The van der Waals surface area contributed by atoms with Crippen molar-refractivity contribution in [1.29, 1.82) is 0 Å². The quantitative estimate of drug-likeness (QED) is 0.718. The number of alkyl carbamates (subject to hydrolysis) is 1. The molecule has 0 unspecified atom stereocenters. The molecule has 2 aromatic carbocycles. The second kappa shape index (κ2) is 9.00. The van der Waals surface area contributed by atoms with Gasteiger partial charge in [0.15, 0.2) is 5.60 Å². The van der Waals surface area contributed by atoms with Gasteiger partial charge >= 0.3 is 12.1 Å². The fourth-order valence-corrected chi connectivity index (χ4v) is 4.53. The Balaban J connectivity index is 1.28. The summed E-state index contributed by atoms with van der Waals surface area (Å²) in [5.74, 6) is -1.36. The fraction of sp³-hybridized carbons (Fsp3) is 0.375. The minimum absolute atomic E-state index is 0.0517. The summed E-state index contributed by atoms with van der Waals surface area (Å²) in [5.41, 5.74) is 3.27. The number of benzene rings is 2. The van der Waals surface area contributed by atoms with Crippen LogP contribution < -0.4 is 5.32 Å². The Morgan fingerprint density at radius 2 is 1.59 bits per heavy atom. The van der Waals surface area contributed by atoms with Gasteiger partial charge in [-0.05, 0) is 22.3 Å². The summed E-state index contributed by atoms with van der Waals surface area (Å²) >= 11 is 0. The van der Waals surface area contributed by atoms with E-state index >= 15 is 0 Å². The Labute approximate surface area is 186 Å². The molecule has 1 aliphatic heterocycles. The largest absolute Gasteiger partial charge is 0.479 e. The first kappa shape index (κ1) is 21.8. The number of piperidine rings is 1. The Bertz CT molecular complexity index is 983. The van der Waals surface area contributed by atoms with Crippen molar-refractivity contribution >= 4 is 18.0 Å². The number of carboxylic acid groups (broad SMARTS) is 1. The van der Waals surface area contributed by atoms with Gasteiger partial charge in [-0.2, -0.15) is 0 Å². The van der Waals surface area contributed by atoms with E-state index in [2.05, 4.69) is 17.4 Å². The van der Waals surface area contributed by atoms with Crippen LogP contribution in [-0.2, 0) is 19.1 Å². The number of ether oxygens (including phenoxy) is 2. The van der Waals surface area contributed by atoms with Crippen molar-refractivity contribution in [2.45, 2.75) is 24.4 Å². The van der Waals surface area contributed by atoms with Crippen LogP contribution in [0, 0.1) is 0 Å². The van der Waals surface area contributed by atoms with Crippen LogP contribution >= 0.6 is 0 Å². The van der Waals surface area contributed by atoms with Crippen LogP contribution in [0.1, 0.15) is 29.9 Å². The molecular formula is C24H26N2O6. The topological polar surface area (TPSA) is 105 Å². The average molecular weight is 438 g/mol. The maximum Gasteiger partial charge on any atom is 0.407 e. The molecule has 0 spiro atoms. The zero-order valence-corrected chi connectivity index (χ0v) is 17.9. The Morgan fingerprint density at radius 3 is 2.12 bits per heavy atom. The maximum absolute atomic E-state index is 12.4. The average Bonchev–Trinajstić information content (AvgIpc) is 3.15. The maximum atomic E-state index is 12.4. The molecule has 1 fully saturated rings. The lowest BCUT2D eigenvalue weighted by Gasteiger charge is -2.37. The highest BCUT2D eigenvalue weighted by Gasteiger charge is 2.42. The second-order valence-corrected chi connectivity index (χ2v) is 8.06. The number of carbonyl (C=O) groups is 3. The minimum Gasteiger partial charge on any atom is -0.479 e. The summed E-state index contributed by atoms with van der Waals surface area (Å²) in [6.07, 6.45) is -0.251. The standard InChI is InChI=1S/C24H26N2O6/c1-31-24(22(28)29)10-12-26(13-11-24)21(27)14-25-23(30)32-15-20-18-8-4-2-6-16(18)17-7-3-5-9-19(17)20/h2-9,20H,10-15H2,1H3,(H,25,30)(H,28,29). The summed E-state index contributed by atoms with van der Waals surface area (Å²) in [5, 5.41) is 11.9. The molecule has 4 rings (SSSR count). The van der Waals surface area contributed by atoms with Crippen molar-refractivity contribution in [2.24, 2.45) is 0 Å². The van der Waals surface area contributed by atoms with Crippen LogP contribution in [0.5, 0.6) is 0 Å². The fourth-order valence-electron chi connectivity index (χ4n) is 4.53. The number of carbonyl (C=O) groups excluding carboxylic acids is 2. The number of rotatable bonds is 6. The third-order valence-electron chi connectivity index (χ3n) is 6.43. The lowest BCUT2D eigenvalue weighted by Crippen LogP contribution is -2.53. The molecule has 168 valence electrons.